The number of halogens is 3. The van der Waals surface area contributed by atoms with E-state index in [1.807, 2.05) is 18.0 Å². The minimum atomic E-state index is -0.314. The van der Waals surface area contributed by atoms with E-state index in [4.69, 9.17) is 0 Å². The number of hydrogen-bond donors (Lipinski definition) is 1. The summed E-state index contributed by atoms with van der Waals surface area (Å²) >= 11 is 0. The molecule has 1 aromatic carbocycles. The molecule has 1 aliphatic heterocycles. The molecule has 1 aromatic heterocycles. The van der Waals surface area contributed by atoms with E-state index in [0.717, 1.165) is 31.3 Å². The molecule has 0 radical (unpaired) electrons. The fourth-order valence-electron chi connectivity index (χ4n) is 3.02. The molecule has 2 aromatic rings. The highest BCUT2D eigenvalue weighted by molar-refractivity contribution is 5.98. The molecule has 0 spiro atoms. The molecule has 24 heavy (non-hydrogen) atoms. The SMILES string of the molecule is CNC1CCCN(C(=O)c2cc3ccc(F)cc3nc2C)C1.Cl.Cl. The van der Waals surface area contributed by atoms with Gasteiger partial charge in [0.15, 0.2) is 0 Å². The van der Waals surface area contributed by atoms with Gasteiger partial charge in [-0.25, -0.2) is 4.39 Å². The molecule has 4 nitrogen and oxygen atoms in total. The van der Waals surface area contributed by atoms with Crippen LogP contribution in [0.4, 0.5) is 4.39 Å². The minimum Gasteiger partial charge on any atom is -0.337 e. The van der Waals surface area contributed by atoms with Crippen LogP contribution in [0.2, 0.25) is 0 Å². The van der Waals surface area contributed by atoms with Crippen LogP contribution >= 0.6 is 24.8 Å². The number of hydrogen-bond acceptors (Lipinski definition) is 3. The summed E-state index contributed by atoms with van der Waals surface area (Å²) in [5, 5.41) is 4.03. The zero-order chi connectivity index (χ0) is 15.7. The summed E-state index contributed by atoms with van der Waals surface area (Å²) in [6, 6.07) is 6.63. The van der Waals surface area contributed by atoms with Gasteiger partial charge in [0.05, 0.1) is 16.8 Å². The number of piperidine rings is 1. The Hall–Kier alpha value is -1.43. The Kier molecular flexibility index (Phi) is 7.39. The molecule has 0 saturated carbocycles. The molecular weight excluding hydrogens is 352 g/mol. The molecule has 0 bridgehead atoms. The van der Waals surface area contributed by atoms with Crippen molar-refractivity contribution in [3.05, 3.63) is 41.3 Å². The van der Waals surface area contributed by atoms with Crippen molar-refractivity contribution in [1.82, 2.24) is 15.2 Å². The second-order valence-electron chi connectivity index (χ2n) is 5.84. The number of nitrogens with one attached hydrogen (secondary N) is 1. The minimum absolute atomic E-state index is 0. The predicted molar refractivity (Wildman–Crippen MR) is 98.9 cm³/mol. The Morgan fingerprint density at radius 1 is 1.33 bits per heavy atom. The first kappa shape index (κ1) is 20.6. The highest BCUT2D eigenvalue weighted by atomic mass is 35.5. The molecule has 2 heterocycles. The van der Waals surface area contributed by atoms with Crippen molar-refractivity contribution < 1.29 is 9.18 Å². The summed E-state index contributed by atoms with van der Waals surface area (Å²) in [7, 11) is 1.93. The number of likely N-dealkylation sites (tertiary alicyclic amines) is 1. The normalized spacial score (nSPS) is 17.1. The van der Waals surface area contributed by atoms with Crippen molar-refractivity contribution in [2.24, 2.45) is 0 Å². The highest BCUT2D eigenvalue weighted by Crippen LogP contribution is 2.20. The number of benzene rings is 1. The molecule has 1 unspecified atom stereocenters. The average Bonchev–Trinajstić information content (AvgIpc) is 2.53. The summed E-state index contributed by atoms with van der Waals surface area (Å²) in [5.41, 5.74) is 1.84. The second-order valence-corrected chi connectivity index (χ2v) is 5.84. The maximum absolute atomic E-state index is 13.3. The lowest BCUT2D eigenvalue weighted by atomic mass is 10.0. The van der Waals surface area contributed by atoms with Crippen LogP contribution in [0.1, 0.15) is 28.9 Å². The van der Waals surface area contributed by atoms with Gasteiger partial charge in [0.25, 0.3) is 5.91 Å². The number of fused-ring (bicyclic) bond motifs is 1. The number of nitrogens with zero attached hydrogens (tertiary/aromatic N) is 2. The lowest BCUT2D eigenvalue weighted by molar-refractivity contribution is 0.0697. The number of rotatable bonds is 2. The van der Waals surface area contributed by atoms with E-state index in [1.54, 1.807) is 13.0 Å². The van der Waals surface area contributed by atoms with Crippen LogP contribution in [-0.2, 0) is 0 Å². The Morgan fingerprint density at radius 2 is 2.08 bits per heavy atom. The first-order chi connectivity index (χ1) is 10.6. The fourth-order valence-corrected chi connectivity index (χ4v) is 3.02. The molecule has 0 aliphatic carbocycles. The molecule has 1 atom stereocenters. The van der Waals surface area contributed by atoms with Crippen LogP contribution in [0.5, 0.6) is 0 Å². The highest BCUT2D eigenvalue weighted by Gasteiger charge is 2.25. The molecule has 1 amide bonds. The van der Waals surface area contributed by atoms with Crippen molar-refractivity contribution in [2.75, 3.05) is 20.1 Å². The van der Waals surface area contributed by atoms with Gasteiger partial charge in [0.2, 0.25) is 0 Å². The number of amides is 1. The van der Waals surface area contributed by atoms with E-state index in [2.05, 4.69) is 10.3 Å². The van der Waals surface area contributed by atoms with Crippen LogP contribution < -0.4 is 5.32 Å². The zero-order valence-corrected chi connectivity index (χ0v) is 15.3. The van der Waals surface area contributed by atoms with Gasteiger partial charge in [-0.15, -0.1) is 24.8 Å². The topological polar surface area (TPSA) is 45.2 Å². The molecule has 132 valence electrons. The molecule has 1 N–H and O–H groups in total. The maximum atomic E-state index is 13.3. The zero-order valence-electron chi connectivity index (χ0n) is 13.7. The first-order valence-corrected chi connectivity index (χ1v) is 7.62. The van der Waals surface area contributed by atoms with Crippen LogP contribution in [-0.4, -0.2) is 42.0 Å². The molecule has 7 heteroatoms. The number of pyridine rings is 1. The largest absolute Gasteiger partial charge is 0.337 e. The van der Waals surface area contributed by atoms with Gasteiger partial charge >= 0.3 is 0 Å². The van der Waals surface area contributed by atoms with E-state index in [0.29, 0.717) is 22.8 Å². The number of likely N-dealkylation sites (N-methyl/N-ethyl adjacent to an activating group) is 1. The summed E-state index contributed by atoms with van der Waals surface area (Å²) in [6.07, 6.45) is 2.09. The Labute approximate surface area is 153 Å². The lowest BCUT2D eigenvalue weighted by Gasteiger charge is -2.32. The maximum Gasteiger partial charge on any atom is 0.255 e. The van der Waals surface area contributed by atoms with Crippen molar-refractivity contribution in [2.45, 2.75) is 25.8 Å². The van der Waals surface area contributed by atoms with Crippen LogP contribution in [0.25, 0.3) is 10.9 Å². The van der Waals surface area contributed by atoms with Gasteiger partial charge in [-0.1, -0.05) is 0 Å². The molecular formula is C17H22Cl2FN3O. The monoisotopic (exact) mass is 373 g/mol. The predicted octanol–water partition coefficient (Wildman–Crippen LogP) is 3.35. The van der Waals surface area contributed by atoms with E-state index < -0.39 is 0 Å². The van der Waals surface area contributed by atoms with Gasteiger partial charge in [0.1, 0.15) is 5.82 Å². The van der Waals surface area contributed by atoms with Crippen molar-refractivity contribution in [3.8, 4) is 0 Å². The molecule has 1 aliphatic rings. The summed E-state index contributed by atoms with van der Waals surface area (Å²) in [5.74, 6) is -0.303. The summed E-state index contributed by atoms with van der Waals surface area (Å²) < 4.78 is 13.3. The third-order valence-corrected chi connectivity index (χ3v) is 4.32. The smallest absolute Gasteiger partial charge is 0.255 e. The Balaban J connectivity index is 0.00000144. The number of carbonyl (C=O) groups excluding carboxylic acids is 1. The lowest BCUT2D eigenvalue weighted by Crippen LogP contribution is -2.47. The average molecular weight is 374 g/mol. The first-order valence-electron chi connectivity index (χ1n) is 7.62. The van der Waals surface area contributed by atoms with E-state index in [-0.39, 0.29) is 36.5 Å². The quantitative estimate of drug-likeness (QED) is 0.877. The molecule has 1 fully saturated rings. The molecule has 1 saturated heterocycles. The molecule has 3 rings (SSSR count). The van der Waals surface area contributed by atoms with Gasteiger partial charge in [0, 0.05) is 30.6 Å². The van der Waals surface area contributed by atoms with Crippen molar-refractivity contribution in [1.29, 1.82) is 0 Å². The summed E-state index contributed by atoms with van der Waals surface area (Å²) in [4.78, 5) is 19.0. The van der Waals surface area contributed by atoms with Crippen molar-refractivity contribution >= 4 is 41.6 Å². The van der Waals surface area contributed by atoms with E-state index >= 15 is 0 Å². The van der Waals surface area contributed by atoms with Gasteiger partial charge in [-0.2, -0.15) is 0 Å². The Bertz CT molecular complexity index is 726. The number of aryl methyl sites for hydroxylation is 1. The number of carbonyl (C=O) groups is 1. The third-order valence-electron chi connectivity index (χ3n) is 4.32. The van der Waals surface area contributed by atoms with Crippen LogP contribution in [0.15, 0.2) is 24.3 Å². The van der Waals surface area contributed by atoms with Gasteiger partial charge in [-0.3, -0.25) is 9.78 Å². The fraction of sp³-hybridized carbons (Fsp3) is 0.412. The van der Waals surface area contributed by atoms with Crippen molar-refractivity contribution in [3.63, 3.8) is 0 Å². The third kappa shape index (κ3) is 4.15. The van der Waals surface area contributed by atoms with Gasteiger partial charge in [-0.05, 0) is 45.0 Å². The van der Waals surface area contributed by atoms with Gasteiger partial charge < -0.3 is 10.2 Å². The summed E-state index contributed by atoms with van der Waals surface area (Å²) in [6.45, 7) is 3.30. The van der Waals surface area contributed by atoms with E-state index in [9.17, 15) is 9.18 Å². The van der Waals surface area contributed by atoms with Crippen LogP contribution in [0.3, 0.4) is 0 Å². The van der Waals surface area contributed by atoms with Crippen LogP contribution in [0, 0.1) is 12.7 Å². The Morgan fingerprint density at radius 3 is 2.79 bits per heavy atom. The standard InChI is InChI=1S/C17H20FN3O.2ClH/c1-11-15(8-12-5-6-13(18)9-16(12)20-11)17(22)21-7-3-4-14(10-21)19-2;;/h5-6,8-9,14,19H,3-4,7,10H2,1-2H3;2*1H. The van der Waals surface area contributed by atoms with E-state index in [1.165, 1.54) is 12.1 Å². The second kappa shape index (κ2) is 8.60. The number of aromatic nitrogens is 1.